The molecular weight excluding hydrogens is 623 g/mol. The summed E-state index contributed by atoms with van der Waals surface area (Å²) in [6.45, 7) is 2.46. The average molecular weight is 643 g/mol. The summed E-state index contributed by atoms with van der Waals surface area (Å²) in [6, 6.07) is 17.4. The summed E-state index contributed by atoms with van der Waals surface area (Å²) in [6.07, 6.45) is 2.85. The fraction of sp³-hybridized carbons (Fsp3) is 0.160. The van der Waals surface area contributed by atoms with Crippen molar-refractivity contribution < 1.29 is 9.53 Å². The summed E-state index contributed by atoms with van der Waals surface area (Å²) in [4.78, 5) is 13.1. The van der Waals surface area contributed by atoms with E-state index in [1.807, 2.05) is 36.4 Å². The molecule has 9 heteroatoms. The molecule has 4 rings (SSSR count). The second-order valence-corrected chi connectivity index (χ2v) is 11.2. The minimum Gasteiger partial charge on any atom is -0.487 e. The molecule has 3 aromatic carbocycles. The number of thioether (sulfide) groups is 1. The van der Waals surface area contributed by atoms with E-state index in [2.05, 4.69) is 61.5 Å². The van der Waals surface area contributed by atoms with E-state index in [1.54, 1.807) is 12.1 Å². The number of carbonyl (C=O) groups excluding carboxylic acids is 1. The van der Waals surface area contributed by atoms with Gasteiger partial charge in [-0.3, -0.25) is 4.79 Å². The summed E-state index contributed by atoms with van der Waals surface area (Å²) in [7, 11) is 0. The minimum absolute atomic E-state index is 0.111. The molecule has 4 nitrogen and oxygen atoms in total. The number of carbonyl (C=O) groups is 1. The van der Waals surface area contributed by atoms with Crippen molar-refractivity contribution in [3.05, 3.63) is 95.2 Å². The van der Waals surface area contributed by atoms with Crippen LogP contribution in [0, 0.1) is 0 Å². The minimum atomic E-state index is -0.230. The van der Waals surface area contributed by atoms with Crippen LogP contribution in [0.25, 0.3) is 6.08 Å². The molecule has 0 spiro atoms. The number of anilines is 1. The number of hydrogen-bond donors (Lipinski definition) is 2. The van der Waals surface area contributed by atoms with Gasteiger partial charge in [0, 0.05) is 5.69 Å². The second-order valence-electron chi connectivity index (χ2n) is 7.53. The maximum atomic E-state index is 12.5. The molecule has 1 heterocycles. The highest BCUT2D eigenvalue weighted by atomic mass is 79.9. The van der Waals surface area contributed by atoms with E-state index < -0.39 is 0 Å². The zero-order chi connectivity index (χ0) is 24.2. The van der Waals surface area contributed by atoms with Gasteiger partial charge in [-0.2, -0.15) is 0 Å². The Labute approximate surface area is 229 Å². The van der Waals surface area contributed by atoms with Gasteiger partial charge < -0.3 is 15.4 Å². The first-order chi connectivity index (χ1) is 16.3. The van der Waals surface area contributed by atoms with Crippen LogP contribution in [0.2, 0.25) is 10.0 Å². The highest BCUT2D eigenvalue weighted by molar-refractivity contribution is 9.11. The Balaban J connectivity index is 1.43. The van der Waals surface area contributed by atoms with E-state index in [-0.39, 0.29) is 11.4 Å². The van der Waals surface area contributed by atoms with Crippen LogP contribution in [-0.4, -0.2) is 11.4 Å². The molecule has 0 aliphatic carbocycles. The summed E-state index contributed by atoms with van der Waals surface area (Å²) in [5.74, 6) is 0.548. The third-order valence-electron chi connectivity index (χ3n) is 5.08. The number of benzene rings is 3. The van der Waals surface area contributed by atoms with E-state index >= 15 is 0 Å². The van der Waals surface area contributed by atoms with Gasteiger partial charge in [0.05, 0.1) is 23.9 Å². The van der Waals surface area contributed by atoms with Crippen molar-refractivity contribution in [2.45, 2.75) is 25.4 Å². The lowest BCUT2D eigenvalue weighted by molar-refractivity contribution is -0.116. The van der Waals surface area contributed by atoms with Crippen molar-refractivity contribution in [2.24, 2.45) is 0 Å². The first kappa shape index (κ1) is 25.5. The molecular formula is C25H20Br2Cl2N2O2S. The molecule has 176 valence electrons. The molecule has 0 unspecified atom stereocenters. The summed E-state index contributed by atoms with van der Waals surface area (Å²) < 4.78 is 7.52. The smallest absolute Gasteiger partial charge is 0.260 e. The zero-order valence-electron chi connectivity index (χ0n) is 18.0. The maximum Gasteiger partial charge on any atom is 0.260 e. The molecule has 2 N–H and O–H groups in total. The zero-order valence-corrected chi connectivity index (χ0v) is 23.5. The molecule has 1 atom stereocenters. The number of hydrogen-bond acceptors (Lipinski definition) is 4. The Kier molecular flexibility index (Phi) is 8.53. The van der Waals surface area contributed by atoms with Gasteiger partial charge in [-0.15, -0.1) is 0 Å². The average Bonchev–Trinajstić information content (AvgIpc) is 3.14. The predicted octanol–water partition coefficient (Wildman–Crippen LogP) is 8.26. The Hall–Kier alpha value is -1.64. The maximum absolute atomic E-state index is 12.5. The summed E-state index contributed by atoms with van der Waals surface area (Å²) in [5.41, 5.74) is 3.78. The van der Waals surface area contributed by atoms with Crippen molar-refractivity contribution in [2.75, 3.05) is 5.32 Å². The van der Waals surface area contributed by atoms with E-state index in [1.165, 1.54) is 17.3 Å². The Morgan fingerprint density at radius 2 is 1.71 bits per heavy atom. The Morgan fingerprint density at radius 1 is 1.03 bits per heavy atom. The van der Waals surface area contributed by atoms with Gasteiger partial charge in [0.15, 0.2) is 5.50 Å². The monoisotopic (exact) mass is 640 g/mol. The predicted molar refractivity (Wildman–Crippen MR) is 150 cm³/mol. The van der Waals surface area contributed by atoms with E-state index in [9.17, 15) is 4.79 Å². The Morgan fingerprint density at radius 3 is 2.35 bits per heavy atom. The molecule has 1 aliphatic heterocycles. The number of ether oxygens (including phenoxy) is 1. The first-order valence-corrected chi connectivity index (χ1v) is 13.6. The van der Waals surface area contributed by atoms with Crippen LogP contribution in [0.1, 0.15) is 23.6 Å². The quantitative estimate of drug-likeness (QED) is 0.255. The molecule has 0 bridgehead atoms. The molecule has 1 amide bonds. The van der Waals surface area contributed by atoms with Crippen molar-refractivity contribution in [3.8, 4) is 5.75 Å². The number of rotatable bonds is 7. The van der Waals surface area contributed by atoms with Crippen LogP contribution in [0.15, 0.2) is 68.4 Å². The number of amides is 1. The highest BCUT2D eigenvalue weighted by Crippen LogP contribution is 2.38. The van der Waals surface area contributed by atoms with E-state index in [0.29, 0.717) is 27.3 Å². The molecule has 0 saturated carbocycles. The van der Waals surface area contributed by atoms with E-state index in [0.717, 1.165) is 32.2 Å². The molecule has 1 fully saturated rings. The third-order valence-corrected chi connectivity index (χ3v) is 8.02. The number of aryl methyl sites for hydroxylation is 1. The fourth-order valence-electron chi connectivity index (χ4n) is 3.29. The summed E-state index contributed by atoms with van der Waals surface area (Å²) in [5, 5.41) is 7.30. The first-order valence-electron chi connectivity index (χ1n) is 10.4. The molecule has 3 aromatic rings. The lowest BCUT2D eigenvalue weighted by atomic mass is 10.1. The molecule has 34 heavy (non-hydrogen) atoms. The van der Waals surface area contributed by atoms with Gasteiger partial charge in [-0.25, -0.2) is 0 Å². The molecule has 0 aromatic heterocycles. The van der Waals surface area contributed by atoms with Gasteiger partial charge in [0.25, 0.3) is 5.91 Å². The fourth-order valence-corrected chi connectivity index (χ4v) is 6.05. The van der Waals surface area contributed by atoms with Crippen molar-refractivity contribution in [3.63, 3.8) is 0 Å². The van der Waals surface area contributed by atoms with Crippen molar-refractivity contribution in [1.82, 2.24) is 5.32 Å². The molecule has 1 saturated heterocycles. The van der Waals surface area contributed by atoms with Crippen molar-refractivity contribution >= 4 is 84.5 Å². The third kappa shape index (κ3) is 6.32. The molecule has 1 aliphatic rings. The normalized spacial score (nSPS) is 16.6. The second kappa shape index (κ2) is 11.4. The van der Waals surface area contributed by atoms with Crippen molar-refractivity contribution in [1.29, 1.82) is 0 Å². The Bertz CT molecular complexity index is 1230. The van der Waals surface area contributed by atoms with Crippen LogP contribution in [0.5, 0.6) is 5.75 Å². The number of nitrogens with one attached hydrogen (secondary N) is 2. The SMILES string of the molecule is CCc1ccc(N[C@H]2NC(=O)/C(=C/c3cc(Br)c(OCc4ccc(Cl)c(Cl)c4)c(Br)c3)S2)cc1. The lowest BCUT2D eigenvalue weighted by Crippen LogP contribution is -2.30. The van der Waals surface area contributed by atoms with Crippen LogP contribution in [-0.2, 0) is 17.8 Å². The van der Waals surface area contributed by atoms with Gasteiger partial charge in [0.1, 0.15) is 12.4 Å². The van der Waals surface area contributed by atoms with Gasteiger partial charge in [0.2, 0.25) is 0 Å². The summed E-state index contributed by atoms with van der Waals surface area (Å²) >= 11 is 20.7. The number of halogens is 4. The van der Waals surface area contributed by atoms with Gasteiger partial charge in [-0.05, 0) is 97.4 Å². The van der Waals surface area contributed by atoms with Gasteiger partial charge in [-0.1, -0.05) is 60.1 Å². The topological polar surface area (TPSA) is 50.4 Å². The van der Waals surface area contributed by atoms with E-state index in [4.69, 9.17) is 27.9 Å². The van der Waals surface area contributed by atoms with Gasteiger partial charge >= 0.3 is 0 Å². The largest absolute Gasteiger partial charge is 0.487 e. The highest BCUT2D eigenvalue weighted by Gasteiger charge is 2.27. The molecule has 0 radical (unpaired) electrons. The van der Waals surface area contributed by atoms with Crippen LogP contribution >= 0.6 is 66.8 Å². The van der Waals surface area contributed by atoms with Crippen LogP contribution in [0.4, 0.5) is 5.69 Å². The van der Waals surface area contributed by atoms with Crippen LogP contribution < -0.4 is 15.4 Å². The lowest BCUT2D eigenvalue weighted by Gasteiger charge is -2.13. The van der Waals surface area contributed by atoms with Crippen LogP contribution in [0.3, 0.4) is 0 Å². The standard InChI is InChI=1S/C25H20Br2Cl2N2O2S/c1-2-14-3-6-17(7-4-14)30-25-31-24(32)22(34-25)12-16-9-18(26)23(19(27)10-16)33-13-15-5-8-20(28)21(29)11-15/h3-12,25,30H,2,13H2,1H3,(H,31,32)/b22-12-/t25-/m0/s1.